The van der Waals surface area contributed by atoms with E-state index in [9.17, 15) is 28.2 Å². The van der Waals surface area contributed by atoms with Crippen LogP contribution in [0, 0.1) is 0 Å². The maximum Gasteiger partial charge on any atom is 0.490 e. The molecule has 15 heteroatoms. The van der Waals surface area contributed by atoms with Gasteiger partial charge < -0.3 is 25.0 Å². The first-order valence-corrected chi connectivity index (χ1v) is 13.5. The Kier molecular flexibility index (Phi) is 7.99. The number of aliphatic hydroxyl groups is 2. The molecule has 4 atom stereocenters. The topological polar surface area (TPSA) is 149 Å². The van der Waals surface area contributed by atoms with Crippen LogP contribution in [-0.4, -0.2) is 82.9 Å². The van der Waals surface area contributed by atoms with Crippen LogP contribution in [0.1, 0.15) is 23.3 Å². The Balaban J connectivity index is 1.37. The van der Waals surface area contributed by atoms with Crippen molar-refractivity contribution in [3.8, 4) is 5.95 Å². The number of benzene rings is 2. The number of esters is 1. The molecule has 4 heterocycles. The van der Waals surface area contributed by atoms with Crippen molar-refractivity contribution in [1.29, 1.82) is 0 Å². The number of anilines is 1. The van der Waals surface area contributed by atoms with Gasteiger partial charge in [0.05, 0.1) is 12.9 Å². The fraction of sp³-hybridized carbons (Fsp3) is 0.276. The molecule has 6 rings (SSSR count). The number of hydrogen-bond acceptors (Lipinski definition) is 10. The average molecular weight is 610 g/mol. The maximum absolute atomic E-state index is 12.9. The van der Waals surface area contributed by atoms with Gasteiger partial charge in [0.2, 0.25) is 5.95 Å². The fourth-order valence-corrected chi connectivity index (χ4v) is 5.14. The van der Waals surface area contributed by atoms with Crippen LogP contribution in [0.3, 0.4) is 0 Å². The summed E-state index contributed by atoms with van der Waals surface area (Å²) in [6.45, 7) is -0.417. The molecule has 0 unspecified atom stereocenters. The average Bonchev–Trinajstić information content (AvgIpc) is 3.78. The van der Waals surface area contributed by atoms with Gasteiger partial charge in [-0.25, -0.2) is 14.8 Å². The number of aliphatic hydroxyl groups excluding tert-OH is 2. The number of halogens is 3. The van der Waals surface area contributed by atoms with Gasteiger partial charge in [0.25, 0.3) is 0 Å². The lowest BCUT2D eigenvalue weighted by atomic mass is 9.91. The summed E-state index contributed by atoms with van der Waals surface area (Å²) in [6, 6.07) is 19.8. The maximum atomic E-state index is 12.9. The van der Waals surface area contributed by atoms with Crippen molar-refractivity contribution in [2.75, 3.05) is 18.5 Å². The highest BCUT2D eigenvalue weighted by atomic mass is 19.4. The molecule has 0 radical (unpaired) electrons. The molecule has 0 saturated carbocycles. The van der Waals surface area contributed by atoms with Crippen LogP contribution < -0.4 is 5.32 Å². The quantitative estimate of drug-likeness (QED) is 0.213. The van der Waals surface area contributed by atoms with E-state index in [1.165, 1.54) is 23.4 Å². The summed E-state index contributed by atoms with van der Waals surface area (Å²) < 4.78 is 51.7. The molecule has 228 valence electrons. The molecule has 44 heavy (non-hydrogen) atoms. The Morgan fingerprint density at radius 1 is 1.05 bits per heavy atom. The SMILES string of the molecule is O=C(O[C@H]1[C@@H](O)[C@H](n2cnc3c(NCC(c4ccccc4)c4ccccc4)nc(-n4ccnc4)nc32)O[C@@H]1CO)C(F)(F)F. The molecule has 1 aliphatic rings. The predicted octanol–water partition coefficient (Wildman–Crippen LogP) is 2.98. The van der Waals surface area contributed by atoms with Crippen molar-refractivity contribution >= 4 is 23.0 Å². The molecule has 2 aromatic carbocycles. The number of hydrogen-bond donors (Lipinski definition) is 3. The van der Waals surface area contributed by atoms with Crippen molar-refractivity contribution in [2.24, 2.45) is 0 Å². The van der Waals surface area contributed by atoms with Crippen molar-refractivity contribution in [2.45, 2.75) is 36.6 Å². The number of nitrogens with one attached hydrogen (secondary N) is 1. The molecule has 1 aliphatic heterocycles. The molecule has 5 aromatic rings. The summed E-state index contributed by atoms with van der Waals surface area (Å²) >= 11 is 0. The summed E-state index contributed by atoms with van der Waals surface area (Å²) in [5.41, 5.74) is 2.56. The second kappa shape index (κ2) is 12.0. The van der Waals surface area contributed by atoms with Crippen LogP contribution in [0.2, 0.25) is 0 Å². The minimum atomic E-state index is -5.30. The van der Waals surface area contributed by atoms with Gasteiger partial charge in [-0.2, -0.15) is 23.1 Å². The number of carbonyl (C=O) groups excluding carboxylic acids is 1. The third-order valence-corrected chi connectivity index (χ3v) is 7.26. The molecule has 0 spiro atoms. The van der Waals surface area contributed by atoms with Crippen LogP contribution in [-0.2, 0) is 14.3 Å². The molecular weight excluding hydrogens is 583 g/mol. The van der Waals surface area contributed by atoms with Crippen LogP contribution >= 0.6 is 0 Å². The summed E-state index contributed by atoms with van der Waals surface area (Å²) in [5, 5.41) is 24.1. The molecule has 3 N–H and O–H groups in total. The molecule has 1 fully saturated rings. The number of alkyl halides is 3. The number of ether oxygens (including phenoxy) is 2. The lowest BCUT2D eigenvalue weighted by Crippen LogP contribution is -2.41. The van der Waals surface area contributed by atoms with Crippen molar-refractivity contribution in [1.82, 2.24) is 29.1 Å². The van der Waals surface area contributed by atoms with E-state index in [1.54, 1.807) is 10.8 Å². The third kappa shape index (κ3) is 5.71. The first-order chi connectivity index (χ1) is 21.2. The zero-order chi connectivity index (χ0) is 30.8. The molecule has 3 aromatic heterocycles. The van der Waals surface area contributed by atoms with E-state index in [1.807, 2.05) is 60.7 Å². The highest BCUT2D eigenvalue weighted by Crippen LogP contribution is 2.35. The Bertz CT molecular complexity index is 1680. The van der Waals surface area contributed by atoms with Gasteiger partial charge in [0.15, 0.2) is 29.3 Å². The minimum Gasteiger partial charge on any atom is -0.450 e. The number of aromatic nitrogens is 6. The molecule has 0 amide bonds. The van der Waals surface area contributed by atoms with E-state index < -0.39 is 43.3 Å². The van der Waals surface area contributed by atoms with Gasteiger partial charge in [-0.15, -0.1) is 0 Å². The predicted molar refractivity (Wildman–Crippen MR) is 149 cm³/mol. The number of fused-ring (bicyclic) bond motifs is 1. The van der Waals surface area contributed by atoms with Gasteiger partial charge >= 0.3 is 12.1 Å². The fourth-order valence-electron chi connectivity index (χ4n) is 5.14. The van der Waals surface area contributed by atoms with Gasteiger partial charge in [-0.05, 0) is 11.1 Å². The van der Waals surface area contributed by atoms with E-state index in [4.69, 9.17) is 4.74 Å². The van der Waals surface area contributed by atoms with E-state index in [0.717, 1.165) is 11.1 Å². The third-order valence-electron chi connectivity index (χ3n) is 7.26. The number of rotatable bonds is 9. The summed E-state index contributed by atoms with van der Waals surface area (Å²) in [6.07, 6.45) is -5.81. The van der Waals surface area contributed by atoms with Gasteiger partial charge in [-0.1, -0.05) is 60.7 Å². The van der Waals surface area contributed by atoms with E-state index >= 15 is 0 Å². The standard InChI is InChI=1S/C29H26F3N7O5/c30-29(31,32)27(42)44-23-20(14-40)43-26(22(23)41)39-16-35-21-24(36-28(37-25(21)39)38-12-11-33-15-38)34-13-19(17-7-3-1-4-8-17)18-9-5-2-6-10-18/h1-12,15-16,19-20,22-23,26,40-41H,13-14H2,(H,34,36,37)/t20-,22-,23-,26-/m1/s1. The molecule has 0 aliphatic carbocycles. The zero-order valence-corrected chi connectivity index (χ0v) is 22.8. The number of carbonyl (C=O) groups is 1. The first-order valence-electron chi connectivity index (χ1n) is 13.5. The normalized spacial score (nSPS) is 20.3. The molecule has 1 saturated heterocycles. The van der Waals surface area contributed by atoms with E-state index in [-0.39, 0.29) is 23.0 Å². The zero-order valence-electron chi connectivity index (χ0n) is 22.8. The van der Waals surface area contributed by atoms with Crippen molar-refractivity contribution in [3.63, 3.8) is 0 Å². The first kappa shape index (κ1) is 29.2. The second-order valence-corrected chi connectivity index (χ2v) is 10.0. The Morgan fingerprint density at radius 3 is 2.32 bits per heavy atom. The Hall–Kier alpha value is -4.86. The van der Waals surface area contributed by atoms with Gasteiger partial charge in [-0.3, -0.25) is 9.13 Å². The van der Waals surface area contributed by atoms with Crippen LogP contribution in [0.25, 0.3) is 17.1 Å². The van der Waals surface area contributed by atoms with Crippen molar-refractivity contribution in [3.05, 3.63) is 96.8 Å². The smallest absolute Gasteiger partial charge is 0.450 e. The van der Waals surface area contributed by atoms with Gasteiger partial charge in [0, 0.05) is 24.9 Å². The monoisotopic (exact) mass is 609 g/mol. The highest BCUT2D eigenvalue weighted by molar-refractivity contribution is 5.84. The minimum absolute atomic E-state index is 0.0735. The molecule has 0 bridgehead atoms. The van der Waals surface area contributed by atoms with Gasteiger partial charge in [0.1, 0.15) is 18.5 Å². The van der Waals surface area contributed by atoms with E-state index in [2.05, 4.69) is 30.0 Å². The summed E-state index contributed by atoms with van der Waals surface area (Å²) in [4.78, 5) is 29.2. The number of imidazole rings is 2. The largest absolute Gasteiger partial charge is 0.490 e. The van der Waals surface area contributed by atoms with Crippen LogP contribution in [0.15, 0.2) is 85.7 Å². The van der Waals surface area contributed by atoms with Crippen LogP contribution in [0.4, 0.5) is 19.0 Å². The summed E-state index contributed by atoms with van der Waals surface area (Å²) in [5.74, 6) is -2.07. The van der Waals surface area contributed by atoms with Crippen molar-refractivity contribution < 1.29 is 37.7 Å². The lowest BCUT2D eigenvalue weighted by molar-refractivity contribution is -0.210. The van der Waals surface area contributed by atoms with E-state index in [0.29, 0.717) is 12.4 Å². The Morgan fingerprint density at radius 2 is 1.73 bits per heavy atom. The molecular formula is C29H26F3N7O5. The molecule has 12 nitrogen and oxygen atoms in total. The van der Waals surface area contributed by atoms with Crippen LogP contribution in [0.5, 0.6) is 0 Å². The summed E-state index contributed by atoms with van der Waals surface area (Å²) in [7, 11) is 0. The highest BCUT2D eigenvalue weighted by Gasteiger charge is 2.51. The Labute approximate surface area is 247 Å². The lowest BCUT2D eigenvalue weighted by Gasteiger charge is -2.21. The number of nitrogens with zero attached hydrogens (tertiary/aromatic N) is 6. The second-order valence-electron chi connectivity index (χ2n) is 10.0.